The van der Waals surface area contributed by atoms with Crippen molar-refractivity contribution in [2.24, 2.45) is 0 Å². The summed E-state index contributed by atoms with van der Waals surface area (Å²) in [5, 5.41) is 0. The molecule has 0 aromatic heterocycles. The third-order valence-electron chi connectivity index (χ3n) is 1.21. The Morgan fingerprint density at radius 1 is 1.80 bits per heavy atom. The van der Waals surface area contributed by atoms with Crippen LogP contribution in [0.2, 0.25) is 0 Å². The molecule has 1 aliphatic heterocycles. The molecule has 1 saturated heterocycles. The van der Waals surface area contributed by atoms with Crippen molar-refractivity contribution in [3.05, 3.63) is 12.7 Å². The zero-order valence-electron chi connectivity index (χ0n) is 6.08. The van der Waals surface area contributed by atoms with E-state index in [1.54, 1.807) is 6.08 Å². The zero-order chi connectivity index (χ0) is 7.40. The standard InChI is InChI=1S/C7H12O3/c1-3-4-8-7-5-9-6(2)10-7/h3,6-7H,1,4-5H2,2H3. The third kappa shape index (κ3) is 2.10. The minimum absolute atomic E-state index is 0.130. The van der Waals surface area contributed by atoms with Gasteiger partial charge in [-0.1, -0.05) is 6.08 Å². The second-order valence-electron chi connectivity index (χ2n) is 2.09. The van der Waals surface area contributed by atoms with Gasteiger partial charge in [0.05, 0.1) is 6.61 Å². The van der Waals surface area contributed by atoms with E-state index in [0.29, 0.717) is 13.2 Å². The fraction of sp³-hybridized carbons (Fsp3) is 0.714. The molecular weight excluding hydrogens is 132 g/mol. The molecule has 0 aromatic carbocycles. The van der Waals surface area contributed by atoms with Crippen LogP contribution in [0.25, 0.3) is 0 Å². The zero-order valence-corrected chi connectivity index (χ0v) is 6.08. The Hall–Kier alpha value is -0.380. The Morgan fingerprint density at radius 2 is 2.60 bits per heavy atom. The highest BCUT2D eigenvalue weighted by atomic mass is 16.8. The van der Waals surface area contributed by atoms with E-state index in [2.05, 4.69) is 6.58 Å². The van der Waals surface area contributed by atoms with Crippen molar-refractivity contribution in [1.82, 2.24) is 0 Å². The van der Waals surface area contributed by atoms with Gasteiger partial charge in [-0.2, -0.15) is 0 Å². The van der Waals surface area contributed by atoms with Gasteiger partial charge in [-0.3, -0.25) is 0 Å². The lowest BCUT2D eigenvalue weighted by atomic mass is 10.6. The summed E-state index contributed by atoms with van der Waals surface area (Å²) in [6, 6.07) is 0. The maximum Gasteiger partial charge on any atom is 0.184 e. The summed E-state index contributed by atoms with van der Waals surface area (Å²) in [5.74, 6) is 0. The van der Waals surface area contributed by atoms with Crippen molar-refractivity contribution in [3.63, 3.8) is 0 Å². The Kier molecular flexibility index (Phi) is 2.86. The van der Waals surface area contributed by atoms with E-state index in [-0.39, 0.29) is 12.6 Å². The highest BCUT2D eigenvalue weighted by Crippen LogP contribution is 2.10. The van der Waals surface area contributed by atoms with Crippen molar-refractivity contribution < 1.29 is 14.2 Å². The Labute approximate surface area is 60.6 Å². The first kappa shape index (κ1) is 7.72. The van der Waals surface area contributed by atoms with Gasteiger partial charge in [-0.05, 0) is 6.92 Å². The molecule has 1 rings (SSSR count). The van der Waals surface area contributed by atoms with E-state index in [0.717, 1.165) is 0 Å². The summed E-state index contributed by atoms with van der Waals surface area (Å²) in [7, 11) is 0. The summed E-state index contributed by atoms with van der Waals surface area (Å²) in [5.41, 5.74) is 0. The van der Waals surface area contributed by atoms with Crippen molar-refractivity contribution in [2.75, 3.05) is 13.2 Å². The highest BCUT2D eigenvalue weighted by Gasteiger charge is 2.21. The molecule has 2 unspecified atom stereocenters. The molecule has 1 heterocycles. The van der Waals surface area contributed by atoms with Gasteiger partial charge in [-0.15, -0.1) is 6.58 Å². The molecule has 2 atom stereocenters. The second kappa shape index (κ2) is 3.71. The minimum Gasteiger partial charge on any atom is -0.348 e. The smallest absolute Gasteiger partial charge is 0.184 e. The van der Waals surface area contributed by atoms with Gasteiger partial charge in [0.1, 0.15) is 6.61 Å². The van der Waals surface area contributed by atoms with Crippen LogP contribution in [0.1, 0.15) is 6.92 Å². The van der Waals surface area contributed by atoms with Crippen LogP contribution in [-0.4, -0.2) is 25.8 Å². The molecule has 0 amide bonds. The molecule has 1 fully saturated rings. The van der Waals surface area contributed by atoms with E-state index >= 15 is 0 Å². The highest BCUT2D eigenvalue weighted by molar-refractivity contribution is 4.65. The fourth-order valence-electron chi connectivity index (χ4n) is 0.769. The molecule has 3 nitrogen and oxygen atoms in total. The maximum atomic E-state index is 5.17. The predicted molar refractivity (Wildman–Crippen MR) is 36.4 cm³/mol. The van der Waals surface area contributed by atoms with Gasteiger partial charge in [0.2, 0.25) is 0 Å². The molecule has 1 aliphatic rings. The second-order valence-corrected chi connectivity index (χ2v) is 2.09. The summed E-state index contributed by atoms with van der Waals surface area (Å²) in [4.78, 5) is 0. The van der Waals surface area contributed by atoms with Crippen LogP contribution in [0.4, 0.5) is 0 Å². The fourth-order valence-corrected chi connectivity index (χ4v) is 0.769. The van der Waals surface area contributed by atoms with Crippen LogP contribution in [0.15, 0.2) is 12.7 Å². The summed E-state index contributed by atoms with van der Waals surface area (Å²) in [6.07, 6.45) is 1.36. The summed E-state index contributed by atoms with van der Waals surface area (Å²) < 4.78 is 15.4. The first-order valence-corrected chi connectivity index (χ1v) is 3.32. The number of hydrogen-bond acceptors (Lipinski definition) is 3. The largest absolute Gasteiger partial charge is 0.348 e. The van der Waals surface area contributed by atoms with E-state index in [4.69, 9.17) is 14.2 Å². The maximum absolute atomic E-state index is 5.17. The molecule has 0 aliphatic carbocycles. The van der Waals surface area contributed by atoms with Gasteiger partial charge in [0, 0.05) is 0 Å². The lowest BCUT2D eigenvalue weighted by Gasteiger charge is -2.06. The SMILES string of the molecule is C=CCOC1COC(C)O1. The van der Waals surface area contributed by atoms with Gasteiger partial charge >= 0.3 is 0 Å². The number of rotatable bonds is 3. The minimum atomic E-state index is -0.201. The van der Waals surface area contributed by atoms with E-state index < -0.39 is 0 Å². The quantitative estimate of drug-likeness (QED) is 0.551. The molecule has 58 valence electrons. The lowest BCUT2D eigenvalue weighted by molar-refractivity contribution is -0.130. The molecule has 0 radical (unpaired) electrons. The van der Waals surface area contributed by atoms with Crippen LogP contribution in [0.3, 0.4) is 0 Å². The first-order chi connectivity index (χ1) is 4.83. The molecule has 0 saturated carbocycles. The van der Waals surface area contributed by atoms with Crippen molar-refractivity contribution in [3.8, 4) is 0 Å². The van der Waals surface area contributed by atoms with E-state index in [9.17, 15) is 0 Å². The van der Waals surface area contributed by atoms with Crippen LogP contribution < -0.4 is 0 Å². The molecule has 10 heavy (non-hydrogen) atoms. The predicted octanol–water partition coefficient (Wildman–Crippen LogP) is 0.908. The van der Waals surface area contributed by atoms with Crippen LogP contribution in [0.5, 0.6) is 0 Å². The van der Waals surface area contributed by atoms with Crippen molar-refractivity contribution in [2.45, 2.75) is 19.5 Å². The third-order valence-corrected chi connectivity index (χ3v) is 1.21. The van der Waals surface area contributed by atoms with Gasteiger partial charge in [-0.25, -0.2) is 0 Å². The van der Waals surface area contributed by atoms with Gasteiger partial charge in [0.15, 0.2) is 12.6 Å². The molecule has 0 aromatic rings. The monoisotopic (exact) mass is 144 g/mol. The molecule has 0 N–H and O–H groups in total. The topological polar surface area (TPSA) is 27.7 Å². The summed E-state index contributed by atoms with van der Waals surface area (Å²) >= 11 is 0. The molecule has 0 spiro atoms. The van der Waals surface area contributed by atoms with Crippen LogP contribution in [0, 0.1) is 0 Å². The Morgan fingerprint density at radius 3 is 3.10 bits per heavy atom. The lowest BCUT2D eigenvalue weighted by Crippen LogP contribution is -2.15. The van der Waals surface area contributed by atoms with Crippen LogP contribution in [-0.2, 0) is 14.2 Å². The molecular formula is C7H12O3. The van der Waals surface area contributed by atoms with Gasteiger partial charge in [0.25, 0.3) is 0 Å². The molecule has 0 bridgehead atoms. The Balaban J connectivity index is 2.12. The van der Waals surface area contributed by atoms with E-state index in [1.807, 2.05) is 6.92 Å². The van der Waals surface area contributed by atoms with Crippen molar-refractivity contribution in [1.29, 1.82) is 0 Å². The normalized spacial score (nSPS) is 32.5. The van der Waals surface area contributed by atoms with E-state index in [1.165, 1.54) is 0 Å². The average molecular weight is 144 g/mol. The van der Waals surface area contributed by atoms with Crippen molar-refractivity contribution >= 4 is 0 Å². The number of hydrogen-bond donors (Lipinski definition) is 0. The summed E-state index contributed by atoms with van der Waals surface area (Å²) in [6.45, 7) is 6.40. The molecule has 3 heteroatoms. The number of ether oxygens (including phenoxy) is 3. The Bertz CT molecular complexity index is 113. The van der Waals surface area contributed by atoms with Gasteiger partial charge < -0.3 is 14.2 Å². The average Bonchev–Trinajstić information content (AvgIpc) is 2.31. The first-order valence-electron chi connectivity index (χ1n) is 3.32. The van der Waals surface area contributed by atoms with Crippen LogP contribution >= 0.6 is 0 Å².